The minimum absolute atomic E-state index is 0.0153. The molecule has 1 aliphatic heterocycles. The zero-order valence-corrected chi connectivity index (χ0v) is 12.5. The minimum atomic E-state index is -0.245. The second kappa shape index (κ2) is 7.44. The summed E-state index contributed by atoms with van der Waals surface area (Å²) in [7, 11) is 0. The molecule has 0 aliphatic carbocycles. The summed E-state index contributed by atoms with van der Waals surface area (Å²) in [6, 6.07) is 9.77. The molecule has 0 aromatic heterocycles. The molecular weight excluding hydrogens is 250 g/mol. The minimum Gasteiger partial charge on any atom is -0.461 e. The van der Waals surface area contributed by atoms with Crippen molar-refractivity contribution in [1.29, 1.82) is 0 Å². The first-order valence-electron chi connectivity index (χ1n) is 7.72. The Labute approximate surface area is 121 Å². The molecule has 2 rings (SSSR count). The molecule has 1 saturated heterocycles. The molecule has 3 nitrogen and oxygen atoms in total. The molecule has 1 fully saturated rings. The fourth-order valence-electron chi connectivity index (χ4n) is 2.65. The first kappa shape index (κ1) is 15.0. The van der Waals surface area contributed by atoms with E-state index in [1.807, 2.05) is 44.2 Å². The Kier molecular flexibility index (Phi) is 5.60. The molecule has 0 spiro atoms. The molecular formula is C17H25NO2. The van der Waals surface area contributed by atoms with Crippen molar-refractivity contribution in [1.82, 2.24) is 4.90 Å². The highest BCUT2D eigenvalue weighted by Gasteiger charge is 2.30. The summed E-state index contributed by atoms with van der Waals surface area (Å²) in [4.78, 5) is 14.8. The largest absolute Gasteiger partial charge is 0.461 e. The van der Waals surface area contributed by atoms with Crippen LogP contribution in [0.4, 0.5) is 0 Å². The number of benzene rings is 1. The maximum Gasteiger partial charge on any atom is 0.328 e. The van der Waals surface area contributed by atoms with Crippen molar-refractivity contribution >= 4 is 5.97 Å². The second-order valence-corrected chi connectivity index (χ2v) is 5.57. The van der Waals surface area contributed by atoms with Crippen molar-refractivity contribution in [3.05, 3.63) is 35.9 Å². The van der Waals surface area contributed by atoms with Crippen molar-refractivity contribution in [2.75, 3.05) is 13.1 Å². The van der Waals surface area contributed by atoms with Crippen LogP contribution in [0.2, 0.25) is 0 Å². The highest BCUT2D eigenvalue weighted by molar-refractivity contribution is 5.77. The maximum atomic E-state index is 12.5. The number of carbonyl (C=O) groups excluding carboxylic acids is 1. The van der Waals surface area contributed by atoms with Gasteiger partial charge in [-0.25, -0.2) is 4.79 Å². The van der Waals surface area contributed by atoms with Crippen LogP contribution in [0.5, 0.6) is 0 Å². The number of carbonyl (C=O) groups is 1. The number of hydrogen-bond donors (Lipinski definition) is 0. The first-order valence-corrected chi connectivity index (χ1v) is 7.72. The topological polar surface area (TPSA) is 29.5 Å². The van der Waals surface area contributed by atoms with Gasteiger partial charge in [0.05, 0.1) is 6.10 Å². The summed E-state index contributed by atoms with van der Waals surface area (Å²) in [6.07, 6.45) is 4.43. The van der Waals surface area contributed by atoms with E-state index in [0.717, 1.165) is 25.1 Å². The highest BCUT2D eigenvalue weighted by Crippen LogP contribution is 2.26. The normalized spacial score (nSPS) is 19.3. The van der Waals surface area contributed by atoms with Gasteiger partial charge in [0.1, 0.15) is 6.04 Å². The van der Waals surface area contributed by atoms with Gasteiger partial charge < -0.3 is 4.74 Å². The third-order valence-corrected chi connectivity index (χ3v) is 3.99. The van der Waals surface area contributed by atoms with Gasteiger partial charge in [0.25, 0.3) is 0 Å². The molecule has 0 amide bonds. The van der Waals surface area contributed by atoms with Crippen LogP contribution in [0.1, 0.15) is 51.1 Å². The van der Waals surface area contributed by atoms with Gasteiger partial charge in [-0.1, -0.05) is 43.7 Å². The zero-order valence-electron chi connectivity index (χ0n) is 12.5. The molecule has 1 aliphatic rings. The van der Waals surface area contributed by atoms with E-state index >= 15 is 0 Å². The Morgan fingerprint density at radius 1 is 1.20 bits per heavy atom. The highest BCUT2D eigenvalue weighted by atomic mass is 16.5. The fourth-order valence-corrected chi connectivity index (χ4v) is 2.65. The van der Waals surface area contributed by atoms with E-state index in [2.05, 4.69) is 4.90 Å². The summed E-state index contributed by atoms with van der Waals surface area (Å²) < 4.78 is 5.59. The van der Waals surface area contributed by atoms with Crippen LogP contribution in [-0.4, -0.2) is 30.1 Å². The Morgan fingerprint density at radius 2 is 1.85 bits per heavy atom. The lowest BCUT2D eigenvalue weighted by Gasteiger charge is -2.33. The molecule has 0 bridgehead atoms. The van der Waals surface area contributed by atoms with Crippen LogP contribution >= 0.6 is 0 Å². The predicted molar refractivity (Wildman–Crippen MR) is 80.5 cm³/mol. The molecule has 1 aromatic rings. The molecule has 1 heterocycles. The van der Waals surface area contributed by atoms with Crippen LogP contribution < -0.4 is 0 Å². The third-order valence-electron chi connectivity index (χ3n) is 3.99. The monoisotopic (exact) mass is 275 g/mol. The Bertz CT molecular complexity index is 412. The molecule has 0 unspecified atom stereocenters. The lowest BCUT2D eigenvalue weighted by molar-refractivity contribution is -0.155. The summed E-state index contributed by atoms with van der Waals surface area (Å²) in [5.41, 5.74) is 1.04. The average molecular weight is 275 g/mol. The second-order valence-electron chi connectivity index (χ2n) is 5.57. The quantitative estimate of drug-likeness (QED) is 0.770. The Balaban J connectivity index is 2.17. The first-order chi connectivity index (χ1) is 9.72. The van der Waals surface area contributed by atoms with Crippen LogP contribution in [0.25, 0.3) is 0 Å². The van der Waals surface area contributed by atoms with Crippen LogP contribution in [-0.2, 0) is 9.53 Å². The van der Waals surface area contributed by atoms with E-state index in [9.17, 15) is 4.79 Å². The predicted octanol–water partition coefficient (Wildman–Crippen LogP) is 3.56. The number of esters is 1. The summed E-state index contributed by atoms with van der Waals surface area (Å²) in [5, 5.41) is 0. The molecule has 0 saturated carbocycles. The van der Waals surface area contributed by atoms with E-state index < -0.39 is 0 Å². The van der Waals surface area contributed by atoms with E-state index in [1.54, 1.807) is 0 Å². The number of likely N-dealkylation sites (tertiary alicyclic amines) is 1. The SMILES string of the molecule is CC[C@@H](C)OC(=O)[C@H](c1ccccc1)N1CCCCC1. The molecule has 0 radical (unpaired) electrons. The lowest BCUT2D eigenvalue weighted by atomic mass is 10.0. The van der Waals surface area contributed by atoms with E-state index in [-0.39, 0.29) is 18.1 Å². The van der Waals surface area contributed by atoms with Crippen LogP contribution in [0.3, 0.4) is 0 Å². The molecule has 1 aromatic carbocycles. The number of nitrogens with zero attached hydrogens (tertiary/aromatic N) is 1. The van der Waals surface area contributed by atoms with Gasteiger partial charge in [0.15, 0.2) is 0 Å². The van der Waals surface area contributed by atoms with Gasteiger partial charge in [-0.05, 0) is 44.8 Å². The van der Waals surface area contributed by atoms with Gasteiger partial charge in [0.2, 0.25) is 0 Å². The average Bonchev–Trinajstić information content (AvgIpc) is 2.49. The maximum absolute atomic E-state index is 12.5. The molecule has 20 heavy (non-hydrogen) atoms. The molecule has 3 heteroatoms. The molecule has 0 N–H and O–H groups in total. The smallest absolute Gasteiger partial charge is 0.328 e. The van der Waals surface area contributed by atoms with Gasteiger partial charge in [0, 0.05) is 0 Å². The van der Waals surface area contributed by atoms with Gasteiger partial charge in [-0.15, -0.1) is 0 Å². The standard InChI is InChI=1S/C17H25NO2/c1-3-14(2)20-17(19)16(15-10-6-4-7-11-15)18-12-8-5-9-13-18/h4,6-7,10-11,14,16H,3,5,8-9,12-13H2,1-2H3/t14-,16+/m1/s1. The summed E-state index contributed by atoms with van der Waals surface area (Å²) in [6.45, 7) is 5.96. The Hall–Kier alpha value is -1.35. The van der Waals surface area contributed by atoms with Gasteiger partial charge >= 0.3 is 5.97 Å². The number of hydrogen-bond acceptors (Lipinski definition) is 3. The van der Waals surface area contributed by atoms with E-state index in [1.165, 1.54) is 19.3 Å². The van der Waals surface area contributed by atoms with Crippen molar-refractivity contribution in [3.8, 4) is 0 Å². The molecule has 2 atom stereocenters. The number of ether oxygens (including phenoxy) is 1. The van der Waals surface area contributed by atoms with Crippen LogP contribution in [0, 0.1) is 0 Å². The van der Waals surface area contributed by atoms with E-state index in [0.29, 0.717) is 0 Å². The summed E-state index contributed by atoms with van der Waals surface area (Å²) in [5.74, 6) is -0.104. The lowest BCUT2D eigenvalue weighted by Crippen LogP contribution is -2.39. The number of rotatable bonds is 5. The van der Waals surface area contributed by atoms with Crippen molar-refractivity contribution in [3.63, 3.8) is 0 Å². The van der Waals surface area contributed by atoms with E-state index in [4.69, 9.17) is 4.74 Å². The zero-order chi connectivity index (χ0) is 14.4. The number of piperidine rings is 1. The van der Waals surface area contributed by atoms with Gasteiger partial charge in [-0.2, -0.15) is 0 Å². The summed E-state index contributed by atoms with van der Waals surface area (Å²) >= 11 is 0. The molecule has 110 valence electrons. The van der Waals surface area contributed by atoms with Crippen molar-refractivity contribution < 1.29 is 9.53 Å². The Morgan fingerprint density at radius 3 is 2.45 bits per heavy atom. The van der Waals surface area contributed by atoms with Crippen molar-refractivity contribution in [2.45, 2.75) is 51.7 Å². The van der Waals surface area contributed by atoms with Gasteiger partial charge in [-0.3, -0.25) is 4.90 Å². The third kappa shape index (κ3) is 3.83. The fraction of sp³-hybridized carbons (Fsp3) is 0.588. The van der Waals surface area contributed by atoms with Crippen LogP contribution in [0.15, 0.2) is 30.3 Å². The van der Waals surface area contributed by atoms with Crippen molar-refractivity contribution in [2.24, 2.45) is 0 Å².